The molecule has 1 aliphatic heterocycles. The van der Waals surface area contributed by atoms with E-state index in [0.717, 1.165) is 31.0 Å². The summed E-state index contributed by atoms with van der Waals surface area (Å²) in [5, 5.41) is 7.89. The number of aromatic nitrogens is 2. The molecular weight excluding hydrogens is 376 g/mol. The van der Waals surface area contributed by atoms with E-state index in [0.29, 0.717) is 23.1 Å². The van der Waals surface area contributed by atoms with Crippen LogP contribution in [0.4, 0.5) is 5.82 Å². The monoisotopic (exact) mass is 398 g/mol. The average Bonchev–Trinajstić information content (AvgIpc) is 3.34. The fourth-order valence-corrected chi connectivity index (χ4v) is 3.52. The maximum atomic E-state index is 12.4. The highest BCUT2D eigenvalue weighted by atomic mass is 35.5. The summed E-state index contributed by atoms with van der Waals surface area (Å²) < 4.78 is 7.50. The average molecular weight is 399 g/mol. The molecule has 7 heteroatoms. The van der Waals surface area contributed by atoms with Gasteiger partial charge in [-0.25, -0.2) is 0 Å². The fourth-order valence-electron chi connectivity index (χ4n) is 3.39. The van der Waals surface area contributed by atoms with Gasteiger partial charge in [0, 0.05) is 17.3 Å². The molecule has 1 N–H and O–H groups in total. The quantitative estimate of drug-likeness (QED) is 0.667. The number of piperidine rings is 1. The molecule has 0 aliphatic carbocycles. The summed E-state index contributed by atoms with van der Waals surface area (Å²) in [5.74, 6) is 1.33. The Bertz CT molecular complexity index is 926. The molecule has 1 aliphatic rings. The molecule has 1 fully saturated rings. The first-order valence-corrected chi connectivity index (χ1v) is 9.94. The van der Waals surface area contributed by atoms with Crippen LogP contribution < -0.4 is 5.32 Å². The van der Waals surface area contributed by atoms with Gasteiger partial charge >= 0.3 is 0 Å². The van der Waals surface area contributed by atoms with E-state index in [9.17, 15) is 4.79 Å². The Hall–Kier alpha value is -2.57. The predicted octanol–water partition coefficient (Wildman–Crippen LogP) is 4.42. The summed E-state index contributed by atoms with van der Waals surface area (Å²) in [5.41, 5.74) is 1.08. The number of halogens is 1. The SMILES string of the molecule is O=C(Nc1ccn(Cc2ccc(Cl)cc2)n1)c1ccc(CN2CCCCC2)o1. The molecule has 0 bridgehead atoms. The number of rotatable bonds is 6. The molecule has 6 nitrogen and oxygen atoms in total. The van der Waals surface area contributed by atoms with Crippen LogP contribution in [0.25, 0.3) is 0 Å². The topological polar surface area (TPSA) is 63.3 Å². The van der Waals surface area contributed by atoms with Crippen molar-refractivity contribution in [1.29, 1.82) is 0 Å². The van der Waals surface area contributed by atoms with E-state index >= 15 is 0 Å². The molecule has 0 unspecified atom stereocenters. The largest absolute Gasteiger partial charge is 0.455 e. The maximum absolute atomic E-state index is 12.4. The van der Waals surface area contributed by atoms with E-state index in [2.05, 4.69) is 15.3 Å². The fraction of sp³-hybridized carbons (Fsp3) is 0.333. The number of amides is 1. The van der Waals surface area contributed by atoms with Gasteiger partial charge in [-0.3, -0.25) is 14.4 Å². The molecule has 0 radical (unpaired) electrons. The number of nitrogens with zero attached hydrogens (tertiary/aromatic N) is 3. The minimum absolute atomic E-state index is 0.290. The molecule has 4 rings (SSSR count). The van der Waals surface area contributed by atoms with E-state index in [4.69, 9.17) is 16.0 Å². The van der Waals surface area contributed by atoms with E-state index < -0.39 is 0 Å². The van der Waals surface area contributed by atoms with Crippen LogP contribution >= 0.6 is 11.6 Å². The van der Waals surface area contributed by atoms with Gasteiger partial charge in [-0.05, 0) is 55.8 Å². The Kier molecular flexibility index (Phi) is 5.78. The predicted molar refractivity (Wildman–Crippen MR) is 109 cm³/mol. The van der Waals surface area contributed by atoms with E-state index in [1.54, 1.807) is 16.8 Å². The smallest absolute Gasteiger partial charge is 0.292 e. The van der Waals surface area contributed by atoms with Crippen molar-refractivity contribution < 1.29 is 9.21 Å². The summed E-state index contributed by atoms with van der Waals surface area (Å²) >= 11 is 5.91. The van der Waals surface area contributed by atoms with Gasteiger partial charge in [0.1, 0.15) is 5.76 Å². The molecule has 3 aromatic rings. The minimum atomic E-state index is -0.290. The second-order valence-electron chi connectivity index (χ2n) is 7.08. The van der Waals surface area contributed by atoms with Crippen molar-refractivity contribution in [2.45, 2.75) is 32.4 Å². The highest BCUT2D eigenvalue weighted by Crippen LogP contribution is 2.16. The lowest BCUT2D eigenvalue weighted by molar-refractivity contribution is 0.0991. The molecule has 1 aromatic carbocycles. The first-order chi connectivity index (χ1) is 13.7. The summed E-state index contributed by atoms with van der Waals surface area (Å²) in [6.45, 7) is 3.54. The van der Waals surface area contributed by atoms with Crippen molar-refractivity contribution in [3.05, 3.63) is 70.8 Å². The van der Waals surface area contributed by atoms with E-state index in [1.807, 2.05) is 36.5 Å². The number of anilines is 1. The zero-order valence-corrected chi connectivity index (χ0v) is 16.4. The Morgan fingerprint density at radius 1 is 1.04 bits per heavy atom. The van der Waals surface area contributed by atoms with E-state index in [1.165, 1.54) is 19.3 Å². The highest BCUT2D eigenvalue weighted by molar-refractivity contribution is 6.30. The normalized spacial score (nSPS) is 14.9. The van der Waals surface area contributed by atoms with Gasteiger partial charge in [0.15, 0.2) is 11.6 Å². The van der Waals surface area contributed by atoms with Crippen LogP contribution in [-0.2, 0) is 13.1 Å². The van der Waals surface area contributed by atoms with Crippen molar-refractivity contribution in [3.63, 3.8) is 0 Å². The lowest BCUT2D eigenvalue weighted by atomic mass is 10.1. The summed E-state index contributed by atoms with van der Waals surface area (Å²) in [4.78, 5) is 14.8. The number of carbonyl (C=O) groups is 1. The number of likely N-dealkylation sites (tertiary alicyclic amines) is 1. The van der Waals surface area contributed by atoms with Gasteiger partial charge in [-0.1, -0.05) is 30.2 Å². The van der Waals surface area contributed by atoms with Crippen LogP contribution in [0.3, 0.4) is 0 Å². The maximum Gasteiger partial charge on any atom is 0.292 e. The molecule has 3 heterocycles. The number of nitrogens with one attached hydrogen (secondary N) is 1. The van der Waals surface area contributed by atoms with Gasteiger partial charge in [0.25, 0.3) is 5.91 Å². The lowest BCUT2D eigenvalue weighted by Gasteiger charge is -2.25. The van der Waals surface area contributed by atoms with Crippen molar-refractivity contribution in [1.82, 2.24) is 14.7 Å². The second kappa shape index (κ2) is 8.63. The zero-order chi connectivity index (χ0) is 19.3. The lowest BCUT2D eigenvalue weighted by Crippen LogP contribution is -2.28. The third-order valence-corrected chi connectivity index (χ3v) is 5.11. The summed E-state index contributed by atoms with van der Waals surface area (Å²) in [6, 6.07) is 13.0. The van der Waals surface area contributed by atoms with Crippen molar-refractivity contribution >= 4 is 23.3 Å². The molecule has 146 valence electrons. The molecular formula is C21H23ClN4O2. The number of hydrogen-bond donors (Lipinski definition) is 1. The van der Waals surface area contributed by atoms with Gasteiger partial charge in [0.05, 0.1) is 13.1 Å². The van der Waals surface area contributed by atoms with Gasteiger partial charge in [-0.2, -0.15) is 5.10 Å². The Balaban J connectivity index is 1.33. The Morgan fingerprint density at radius 2 is 1.82 bits per heavy atom. The number of carbonyl (C=O) groups excluding carboxylic acids is 1. The van der Waals surface area contributed by atoms with Crippen LogP contribution in [0, 0.1) is 0 Å². The zero-order valence-electron chi connectivity index (χ0n) is 15.6. The summed E-state index contributed by atoms with van der Waals surface area (Å²) in [6.07, 6.45) is 5.58. The molecule has 0 atom stereocenters. The number of benzene rings is 1. The summed E-state index contributed by atoms with van der Waals surface area (Å²) in [7, 11) is 0. The number of furan rings is 1. The van der Waals surface area contributed by atoms with Gasteiger partial charge < -0.3 is 9.73 Å². The first kappa shape index (κ1) is 18.8. The van der Waals surface area contributed by atoms with Crippen molar-refractivity contribution in [2.75, 3.05) is 18.4 Å². The van der Waals surface area contributed by atoms with Crippen molar-refractivity contribution in [3.8, 4) is 0 Å². The number of hydrogen-bond acceptors (Lipinski definition) is 4. The molecule has 2 aromatic heterocycles. The first-order valence-electron chi connectivity index (χ1n) is 9.56. The highest BCUT2D eigenvalue weighted by Gasteiger charge is 2.16. The molecule has 1 saturated heterocycles. The van der Waals surface area contributed by atoms with Crippen molar-refractivity contribution in [2.24, 2.45) is 0 Å². The van der Waals surface area contributed by atoms with Crippen LogP contribution in [-0.4, -0.2) is 33.7 Å². The third-order valence-electron chi connectivity index (χ3n) is 4.85. The Morgan fingerprint density at radius 3 is 2.61 bits per heavy atom. The molecule has 0 spiro atoms. The van der Waals surface area contributed by atoms with Crippen LogP contribution in [0.15, 0.2) is 53.1 Å². The molecule has 1 amide bonds. The minimum Gasteiger partial charge on any atom is -0.455 e. The second-order valence-corrected chi connectivity index (χ2v) is 7.52. The van der Waals surface area contributed by atoms with Crippen LogP contribution in [0.1, 0.15) is 41.1 Å². The molecule has 0 saturated carbocycles. The van der Waals surface area contributed by atoms with Gasteiger partial charge in [-0.15, -0.1) is 0 Å². The van der Waals surface area contributed by atoms with Crippen LogP contribution in [0.5, 0.6) is 0 Å². The van der Waals surface area contributed by atoms with Gasteiger partial charge in [0.2, 0.25) is 0 Å². The van der Waals surface area contributed by atoms with Crippen LogP contribution in [0.2, 0.25) is 5.02 Å². The van der Waals surface area contributed by atoms with E-state index in [-0.39, 0.29) is 5.91 Å². The third kappa shape index (κ3) is 4.82. The Labute approximate surface area is 169 Å². The molecule has 28 heavy (non-hydrogen) atoms. The standard InChI is InChI=1S/C21H23ClN4O2/c22-17-6-4-16(5-7-17)14-26-13-10-20(24-26)23-21(27)19-9-8-18(28-19)15-25-11-2-1-3-12-25/h4-10,13H,1-3,11-12,14-15H2,(H,23,24,27).